The second-order valence-electron chi connectivity index (χ2n) is 5.83. The van der Waals surface area contributed by atoms with E-state index in [9.17, 15) is 9.59 Å². The van der Waals surface area contributed by atoms with E-state index in [4.69, 9.17) is 0 Å². The van der Waals surface area contributed by atoms with Crippen molar-refractivity contribution in [2.75, 3.05) is 12.4 Å². The average molecular weight is 336 g/mol. The van der Waals surface area contributed by atoms with Crippen LogP contribution in [0.2, 0.25) is 0 Å². The van der Waals surface area contributed by atoms with Gasteiger partial charge in [-0.25, -0.2) is 0 Å². The van der Waals surface area contributed by atoms with Crippen LogP contribution in [0.3, 0.4) is 0 Å². The first kappa shape index (κ1) is 16.7. The highest BCUT2D eigenvalue weighted by molar-refractivity contribution is 5.97. The summed E-state index contributed by atoms with van der Waals surface area (Å²) in [5, 5.41) is 10.9. The molecule has 2 N–H and O–H groups in total. The van der Waals surface area contributed by atoms with Gasteiger partial charge in [-0.2, -0.15) is 5.10 Å². The maximum absolute atomic E-state index is 12.2. The number of rotatable bonds is 5. The standard InChI is InChI=1S/C19H20N4O2/c1-13-5-3-8-17-16(13)12-21-23(17)10-9-18(24)22-15-7-4-6-14(11-15)19(25)20-2/h3-8,11-12H,9-10H2,1-2H3,(H,20,25)(H,22,24). The molecule has 1 aromatic heterocycles. The Labute approximate surface area is 145 Å². The van der Waals surface area contributed by atoms with Gasteiger partial charge in [0.05, 0.1) is 18.3 Å². The van der Waals surface area contributed by atoms with E-state index in [0.29, 0.717) is 24.2 Å². The molecule has 3 aromatic rings. The smallest absolute Gasteiger partial charge is 0.251 e. The van der Waals surface area contributed by atoms with Crippen molar-refractivity contribution in [2.45, 2.75) is 19.9 Å². The first-order valence-corrected chi connectivity index (χ1v) is 8.11. The maximum atomic E-state index is 12.2. The summed E-state index contributed by atoms with van der Waals surface area (Å²) in [4.78, 5) is 23.9. The lowest BCUT2D eigenvalue weighted by Crippen LogP contribution is -2.19. The lowest BCUT2D eigenvalue weighted by Gasteiger charge is -2.08. The predicted octanol–water partition coefficient (Wildman–Crippen LogP) is 2.73. The molecule has 3 rings (SSSR count). The third kappa shape index (κ3) is 3.68. The van der Waals surface area contributed by atoms with E-state index in [1.54, 1.807) is 31.3 Å². The molecule has 0 fully saturated rings. The van der Waals surface area contributed by atoms with Crippen LogP contribution >= 0.6 is 0 Å². The number of amides is 2. The van der Waals surface area contributed by atoms with Gasteiger partial charge in [0.2, 0.25) is 5.91 Å². The fraction of sp³-hybridized carbons (Fsp3) is 0.211. The first-order valence-electron chi connectivity index (χ1n) is 8.11. The molecule has 0 aliphatic rings. The van der Waals surface area contributed by atoms with Crippen molar-refractivity contribution in [3.8, 4) is 0 Å². The van der Waals surface area contributed by atoms with Crippen LogP contribution in [-0.4, -0.2) is 28.6 Å². The molecule has 0 bridgehead atoms. The minimum atomic E-state index is -0.186. The quantitative estimate of drug-likeness (QED) is 0.752. The molecule has 25 heavy (non-hydrogen) atoms. The van der Waals surface area contributed by atoms with E-state index in [1.807, 2.05) is 36.0 Å². The van der Waals surface area contributed by atoms with Crippen molar-refractivity contribution < 1.29 is 9.59 Å². The SMILES string of the molecule is CNC(=O)c1cccc(NC(=O)CCn2ncc3c(C)cccc32)c1. The van der Waals surface area contributed by atoms with Crippen LogP contribution in [0, 0.1) is 6.92 Å². The van der Waals surface area contributed by atoms with E-state index >= 15 is 0 Å². The molecule has 0 saturated carbocycles. The van der Waals surface area contributed by atoms with Gasteiger partial charge in [-0.1, -0.05) is 18.2 Å². The van der Waals surface area contributed by atoms with Crippen LogP contribution in [-0.2, 0) is 11.3 Å². The molecular formula is C19H20N4O2. The van der Waals surface area contributed by atoms with Crippen molar-refractivity contribution in [3.63, 3.8) is 0 Å². The molecule has 0 aliphatic heterocycles. The average Bonchev–Trinajstić information content (AvgIpc) is 3.04. The van der Waals surface area contributed by atoms with Crippen LogP contribution in [0.1, 0.15) is 22.3 Å². The van der Waals surface area contributed by atoms with Crippen molar-refractivity contribution in [1.82, 2.24) is 15.1 Å². The van der Waals surface area contributed by atoms with Crippen LogP contribution in [0.15, 0.2) is 48.7 Å². The monoisotopic (exact) mass is 336 g/mol. The number of carbonyl (C=O) groups is 2. The lowest BCUT2D eigenvalue weighted by atomic mass is 10.1. The van der Waals surface area contributed by atoms with Crippen LogP contribution in [0.5, 0.6) is 0 Å². The number of anilines is 1. The summed E-state index contributed by atoms with van der Waals surface area (Å²) in [6, 6.07) is 12.9. The molecule has 0 spiro atoms. The predicted molar refractivity (Wildman–Crippen MR) is 97.5 cm³/mol. The maximum Gasteiger partial charge on any atom is 0.251 e. The number of aromatic nitrogens is 2. The largest absolute Gasteiger partial charge is 0.355 e. The first-order chi connectivity index (χ1) is 12.1. The van der Waals surface area contributed by atoms with Gasteiger partial charge in [0.1, 0.15) is 0 Å². The molecule has 1 heterocycles. The van der Waals surface area contributed by atoms with Crippen LogP contribution in [0.4, 0.5) is 5.69 Å². The van der Waals surface area contributed by atoms with E-state index in [-0.39, 0.29) is 11.8 Å². The van der Waals surface area contributed by atoms with Gasteiger partial charge < -0.3 is 10.6 Å². The highest BCUT2D eigenvalue weighted by atomic mass is 16.2. The minimum Gasteiger partial charge on any atom is -0.355 e. The number of carbonyl (C=O) groups excluding carboxylic acids is 2. The zero-order valence-corrected chi connectivity index (χ0v) is 14.2. The summed E-state index contributed by atoms with van der Waals surface area (Å²) in [6.07, 6.45) is 2.13. The van der Waals surface area contributed by atoms with Crippen molar-refractivity contribution in [2.24, 2.45) is 0 Å². The Kier molecular flexibility index (Phi) is 4.79. The number of hydrogen-bond donors (Lipinski definition) is 2. The third-order valence-corrected chi connectivity index (χ3v) is 4.09. The summed E-state index contributed by atoms with van der Waals surface area (Å²) >= 11 is 0. The normalized spacial score (nSPS) is 10.6. The molecule has 0 saturated heterocycles. The van der Waals surface area contributed by atoms with Crippen molar-refractivity contribution in [3.05, 3.63) is 59.8 Å². The van der Waals surface area contributed by atoms with Gasteiger partial charge in [0.15, 0.2) is 0 Å². The fourth-order valence-corrected chi connectivity index (χ4v) is 2.74. The van der Waals surface area contributed by atoms with E-state index in [1.165, 1.54) is 5.56 Å². The number of nitrogens with one attached hydrogen (secondary N) is 2. The molecule has 0 unspecified atom stereocenters. The molecule has 0 atom stereocenters. The number of benzene rings is 2. The Hall–Kier alpha value is -3.15. The lowest BCUT2D eigenvalue weighted by molar-refractivity contribution is -0.116. The molecule has 0 radical (unpaired) electrons. The van der Waals surface area contributed by atoms with Gasteiger partial charge in [-0.05, 0) is 36.8 Å². The zero-order valence-electron chi connectivity index (χ0n) is 14.2. The Bertz CT molecular complexity index is 930. The van der Waals surface area contributed by atoms with E-state index in [0.717, 1.165) is 10.9 Å². The van der Waals surface area contributed by atoms with Gasteiger partial charge in [-0.3, -0.25) is 14.3 Å². The third-order valence-electron chi connectivity index (χ3n) is 4.09. The molecule has 6 nitrogen and oxygen atoms in total. The number of hydrogen-bond acceptors (Lipinski definition) is 3. The van der Waals surface area contributed by atoms with Gasteiger partial charge in [0.25, 0.3) is 5.91 Å². The molecule has 0 aliphatic carbocycles. The molecular weight excluding hydrogens is 316 g/mol. The molecule has 2 aromatic carbocycles. The van der Waals surface area contributed by atoms with E-state index in [2.05, 4.69) is 15.7 Å². The number of aryl methyl sites for hydroxylation is 2. The topological polar surface area (TPSA) is 76.0 Å². The summed E-state index contributed by atoms with van der Waals surface area (Å²) < 4.78 is 1.84. The second-order valence-corrected chi connectivity index (χ2v) is 5.83. The van der Waals surface area contributed by atoms with Crippen LogP contribution in [0.25, 0.3) is 10.9 Å². The van der Waals surface area contributed by atoms with Gasteiger partial charge >= 0.3 is 0 Å². The number of nitrogens with zero attached hydrogens (tertiary/aromatic N) is 2. The molecule has 6 heteroatoms. The zero-order chi connectivity index (χ0) is 17.8. The fourth-order valence-electron chi connectivity index (χ4n) is 2.74. The Balaban J connectivity index is 1.65. The summed E-state index contributed by atoms with van der Waals surface area (Å²) in [6.45, 7) is 2.54. The van der Waals surface area contributed by atoms with Crippen molar-refractivity contribution in [1.29, 1.82) is 0 Å². The Morgan fingerprint density at radius 1 is 1.16 bits per heavy atom. The van der Waals surface area contributed by atoms with E-state index < -0.39 is 0 Å². The summed E-state index contributed by atoms with van der Waals surface area (Å²) in [5.74, 6) is -0.306. The molecule has 128 valence electrons. The number of fused-ring (bicyclic) bond motifs is 1. The Morgan fingerprint density at radius 3 is 2.76 bits per heavy atom. The summed E-state index contributed by atoms with van der Waals surface area (Å²) in [5.41, 5.74) is 3.30. The minimum absolute atomic E-state index is 0.120. The summed E-state index contributed by atoms with van der Waals surface area (Å²) in [7, 11) is 1.57. The van der Waals surface area contributed by atoms with Gasteiger partial charge in [-0.15, -0.1) is 0 Å². The van der Waals surface area contributed by atoms with Gasteiger partial charge in [0, 0.05) is 30.1 Å². The Morgan fingerprint density at radius 2 is 1.96 bits per heavy atom. The highest BCUT2D eigenvalue weighted by Gasteiger charge is 2.09. The van der Waals surface area contributed by atoms with Crippen LogP contribution < -0.4 is 10.6 Å². The molecule has 2 amide bonds. The highest BCUT2D eigenvalue weighted by Crippen LogP contribution is 2.18. The van der Waals surface area contributed by atoms with Crippen molar-refractivity contribution >= 4 is 28.4 Å². The second kappa shape index (κ2) is 7.17.